The third-order valence-electron chi connectivity index (χ3n) is 3.04. The fraction of sp³-hybridized carbons (Fsp3) is 0.500. The number of imidazole rings is 1. The van der Waals surface area contributed by atoms with E-state index in [4.69, 9.17) is 0 Å². The Labute approximate surface area is 129 Å². The molecule has 0 bridgehead atoms. The lowest BCUT2D eigenvalue weighted by Crippen LogP contribution is -2.28. The van der Waals surface area contributed by atoms with E-state index in [9.17, 15) is 4.79 Å². The van der Waals surface area contributed by atoms with Gasteiger partial charge in [-0.3, -0.25) is 9.13 Å². The SMILES string of the molecule is Cc1ccc2c(c1)n(CC(C)Br)c(=O)n2CC(C)Br. The van der Waals surface area contributed by atoms with Crippen LogP contribution in [0.4, 0.5) is 0 Å². The fourth-order valence-corrected chi connectivity index (χ4v) is 2.86. The molecule has 3 nitrogen and oxygen atoms in total. The summed E-state index contributed by atoms with van der Waals surface area (Å²) in [5, 5.41) is 0. The Balaban J connectivity index is 2.68. The highest BCUT2D eigenvalue weighted by atomic mass is 79.9. The number of hydrogen-bond acceptors (Lipinski definition) is 1. The highest BCUT2D eigenvalue weighted by molar-refractivity contribution is 9.09. The summed E-state index contributed by atoms with van der Waals surface area (Å²) in [6.07, 6.45) is 0. The molecular weight excluding hydrogens is 372 g/mol. The lowest BCUT2D eigenvalue weighted by Gasteiger charge is -2.05. The first-order chi connectivity index (χ1) is 8.90. The quantitative estimate of drug-likeness (QED) is 0.732. The molecule has 0 aliphatic rings. The summed E-state index contributed by atoms with van der Waals surface area (Å²) in [6.45, 7) is 7.52. The van der Waals surface area contributed by atoms with E-state index in [1.807, 2.05) is 15.2 Å². The zero-order valence-corrected chi connectivity index (χ0v) is 14.5. The average Bonchev–Trinajstić information content (AvgIpc) is 2.53. The molecule has 0 radical (unpaired) electrons. The number of alkyl halides is 2. The molecule has 104 valence electrons. The van der Waals surface area contributed by atoms with Gasteiger partial charge in [0.25, 0.3) is 0 Å². The van der Waals surface area contributed by atoms with Crippen molar-refractivity contribution < 1.29 is 0 Å². The van der Waals surface area contributed by atoms with Crippen molar-refractivity contribution in [2.24, 2.45) is 0 Å². The maximum atomic E-state index is 12.6. The maximum absolute atomic E-state index is 12.6. The van der Waals surface area contributed by atoms with Crippen molar-refractivity contribution in [2.45, 2.75) is 43.5 Å². The summed E-state index contributed by atoms with van der Waals surface area (Å²) >= 11 is 7.06. The summed E-state index contributed by atoms with van der Waals surface area (Å²) < 4.78 is 3.71. The molecule has 2 aromatic rings. The number of fused-ring (bicyclic) bond motifs is 1. The van der Waals surface area contributed by atoms with Crippen LogP contribution in [0.1, 0.15) is 19.4 Å². The van der Waals surface area contributed by atoms with Crippen LogP contribution >= 0.6 is 31.9 Å². The van der Waals surface area contributed by atoms with E-state index in [2.05, 4.69) is 64.8 Å². The van der Waals surface area contributed by atoms with Crippen LogP contribution < -0.4 is 5.69 Å². The maximum Gasteiger partial charge on any atom is 0.329 e. The standard InChI is InChI=1S/C14H18Br2N2O/c1-9-4-5-12-13(6-9)18(8-11(3)16)14(19)17(12)7-10(2)15/h4-6,10-11H,7-8H2,1-3H3. The van der Waals surface area contributed by atoms with Crippen LogP contribution in [0.3, 0.4) is 0 Å². The second-order valence-electron chi connectivity index (χ2n) is 5.06. The summed E-state index contributed by atoms with van der Waals surface area (Å²) in [5.41, 5.74) is 3.27. The molecule has 1 aromatic heterocycles. The van der Waals surface area contributed by atoms with Gasteiger partial charge in [-0.15, -0.1) is 0 Å². The molecular formula is C14H18Br2N2O. The lowest BCUT2D eigenvalue weighted by molar-refractivity contribution is 0.623. The van der Waals surface area contributed by atoms with Gasteiger partial charge in [0, 0.05) is 22.7 Å². The van der Waals surface area contributed by atoms with Gasteiger partial charge in [-0.2, -0.15) is 0 Å². The van der Waals surface area contributed by atoms with Crippen molar-refractivity contribution in [1.29, 1.82) is 0 Å². The normalized spacial score (nSPS) is 14.8. The van der Waals surface area contributed by atoms with Gasteiger partial charge in [-0.1, -0.05) is 51.8 Å². The second-order valence-corrected chi connectivity index (χ2v) is 8.18. The molecule has 1 aromatic carbocycles. The number of aromatic nitrogens is 2. The Morgan fingerprint density at radius 3 is 2.11 bits per heavy atom. The van der Waals surface area contributed by atoms with E-state index in [0.717, 1.165) is 11.0 Å². The monoisotopic (exact) mass is 388 g/mol. The van der Waals surface area contributed by atoms with E-state index >= 15 is 0 Å². The van der Waals surface area contributed by atoms with Gasteiger partial charge in [-0.05, 0) is 24.6 Å². The van der Waals surface area contributed by atoms with Gasteiger partial charge >= 0.3 is 5.69 Å². The van der Waals surface area contributed by atoms with Gasteiger partial charge in [-0.25, -0.2) is 4.79 Å². The van der Waals surface area contributed by atoms with Crippen molar-refractivity contribution in [2.75, 3.05) is 0 Å². The Morgan fingerprint density at radius 1 is 1.05 bits per heavy atom. The molecule has 0 aliphatic heterocycles. The van der Waals surface area contributed by atoms with Crippen LogP contribution in [0.15, 0.2) is 23.0 Å². The van der Waals surface area contributed by atoms with Crippen molar-refractivity contribution in [3.05, 3.63) is 34.2 Å². The van der Waals surface area contributed by atoms with Crippen molar-refractivity contribution in [1.82, 2.24) is 9.13 Å². The molecule has 19 heavy (non-hydrogen) atoms. The average molecular weight is 390 g/mol. The highest BCUT2D eigenvalue weighted by Gasteiger charge is 2.15. The number of rotatable bonds is 4. The zero-order valence-electron chi connectivity index (χ0n) is 11.4. The number of benzene rings is 1. The van der Waals surface area contributed by atoms with E-state index in [0.29, 0.717) is 13.1 Å². The summed E-state index contributed by atoms with van der Waals surface area (Å²) in [4.78, 5) is 13.1. The third kappa shape index (κ3) is 3.14. The molecule has 1 heterocycles. The molecule has 0 spiro atoms. The molecule has 0 aliphatic carbocycles. The molecule has 0 saturated heterocycles. The molecule has 2 unspecified atom stereocenters. The molecule has 0 fully saturated rings. The van der Waals surface area contributed by atoms with Crippen LogP contribution in [0.5, 0.6) is 0 Å². The van der Waals surface area contributed by atoms with Crippen LogP contribution in [-0.2, 0) is 13.1 Å². The Hall–Kier alpha value is -0.550. The zero-order chi connectivity index (χ0) is 14.2. The van der Waals surface area contributed by atoms with Crippen molar-refractivity contribution in [3.8, 4) is 0 Å². The number of hydrogen-bond donors (Lipinski definition) is 0. The predicted octanol–water partition coefficient (Wildman–Crippen LogP) is 3.68. The van der Waals surface area contributed by atoms with E-state index in [1.165, 1.54) is 5.56 Å². The van der Waals surface area contributed by atoms with E-state index in [1.54, 1.807) is 0 Å². The Bertz CT molecular complexity index is 641. The first kappa shape index (κ1) is 14.9. The van der Waals surface area contributed by atoms with Crippen molar-refractivity contribution in [3.63, 3.8) is 0 Å². The summed E-state index contributed by atoms with van der Waals surface area (Å²) in [5.74, 6) is 0. The Kier molecular flexibility index (Phi) is 4.56. The van der Waals surface area contributed by atoms with E-state index in [-0.39, 0.29) is 15.3 Å². The van der Waals surface area contributed by atoms with Crippen LogP contribution in [0, 0.1) is 6.92 Å². The molecule has 2 atom stereocenters. The summed E-state index contributed by atoms with van der Waals surface area (Å²) in [6, 6.07) is 6.18. The number of halogens is 2. The van der Waals surface area contributed by atoms with Crippen molar-refractivity contribution >= 4 is 42.9 Å². The molecule has 0 saturated carbocycles. The van der Waals surface area contributed by atoms with Gasteiger partial charge in [0.1, 0.15) is 0 Å². The molecule has 5 heteroatoms. The molecule has 2 rings (SSSR count). The van der Waals surface area contributed by atoms with E-state index < -0.39 is 0 Å². The molecule has 0 N–H and O–H groups in total. The topological polar surface area (TPSA) is 26.9 Å². The minimum Gasteiger partial charge on any atom is -0.291 e. The predicted molar refractivity (Wildman–Crippen MR) is 87.7 cm³/mol. The van der Waals surface area contributed by atoms with Crippen LogP contribution in [0.25, 0.3) is 11.0 Å². The smallest absolute Gasteiger partial charge is 0.291 e. The second kappa shape index (κ2) is 5.83. The van der Waals surface area contributed by atoms with Crippen LogP contribution in [0.2, 0.25) is 0 Å². The minimum absolute atomic E-state index is 0.0678. The number of nitrogens with zero attached hydrogens (tertiary/aromatic N) is 2. The van der Waals surface area contributed by atoms with Gasteiger partial charge < -0.3 is 0 Å². The lowest BCUT2D eigenvalue weighted by atomic mass is 10.2. The third-order valence-corrected chi connectivity index (χ3v) is 3.62. The first-order valence-corrected chi connectivity index (χ1v) is 8.21. The largest absolute Gasteiger partial charge is 0.329 e. The minimum atomic E-state index is 0.0678. The highest BCUT2D eigenvalue weighted by Crippen LogP contribution is 2.18. The summed E-state index contributed by atoms with van der Waals surface area (Å²) in [7, 11) is 0. The number of aryl methyl sites for hydroxylation is 1. The van der Waals surface area contributed by atoms with Gasteiger partial charge in [0.05, 0.1) is 11.0 Å². The first-order valence-electron chi connectivity index (χ1n) is 6.38. The fourth-order valence-electron chi connectivity index (χ4n) is 2.29. The van der Waals surface area contributed by atoms with Crippen LogP contribution in [-0.4, -0.2) is 18.8 Å². The molecule has 0 amide bonds. The Morgan fingerprint density at radius 2 is 1.58 bits per heavy atom. The van der Waals surface area contributed by atoms with Gasteiger partial charge in [0.15, 0.2) is 0 Å². The van der Waals surface area contributed by atoms with Gasteiger partial charge in [0.2, 0.25) is 0 Å².